The van der Waals surface area contributed by atoms with Crippen molar-refractivity contribution in [3.05, 3.63) is 94.0 Å². The molecule has 2 N–H and O–H groups in total. The molecule has 0 unspecified atom stereocenters. The minimum atomic E-state index is -0.0193. The van der Waals surface area contributed by atoms with E-state index in [-0.39, 0.29) is 11.5 Å². The second kappa shape index (κ2) is 19.7. The van der Waals surface area contributed by atoms with Crippen molar-refractivity contribution in [1.29, 1.82) is 0 Å². The van der Waals surface area contributed by atoms with Gasteiger partial charge in [0.05, 0.1) is 17.1 Å². The summed E-state index contributed by atoms with van der Waals surface area (Å²) >= 11 is 0. The van der Waals surface area contributed by atoms with Gasteiger partial charge in [0.15, 0.2) is 11.5 Å². The van der Waals surface area contributed by atoms with Crippen LogP contribution in [0.2, 0.25) is 0 Å². The fourth-order valence-corrected chi connectivity index (χ4v) is 6.22. The highest BCUT2D eigenvalue weighted by molar-refractivity contribution is 6.31. The van der Waals surface area contributed by atoms with Gasteiger partial charge in [0.25, 0.3) is 0 Å². The third-order valence-corrected chi connectivity index (χ3v) is 9.03. The van der Waals surface area contributed by atoms with E-state index in [9.17, 15) is 10.2 Å². The molecule has 0 spiro atoms. The van der Waals surface area contributed by atoms with Crippen LogP contribution in [0.3, 0.4) is 0 Å². The Labute approximate surface area is 284 Å². The molecule has 0 radical (unpaired) electrons. The molecule has 47 heavy (non-hydrogen) atoms. The van der Waals surface area contributed by atoms with Crippen molar-refractivity contribution >= 4 is 34.1 Å². The van der Waals surface area contributed by atoms with E-state index in [2.05, 4.69) is 77.9 Å². The first-order chi connectivity index (χ1) is 22.8. The number of phenols is 2. The van der Waals surface area contributed by atoms with Gasteiger partial charge in [0.2, 0.25) is 0 Å². The number of nitrogens with zero attached hydrogens (tertiary/aromatic N) is 2. The van der Waals surface area contributed by atoms with Crippen LogP contribution in [0.5, 0.6) is 11.5 Å². The number of unbranched alkanes of at least 4 members (excludes halogenated alkanes) is 4. The van der Waals surface area contributed by atoms with Crippen LogP contribution in [0, 0.1) is 6.92 Å². The van der Waals surface area contributed by atoms with Crippen molar-refractivity contribution in [2.75, 3.05) is 0 Å². The molecule has 0 saturated carbocycles. The summed E-state index contributed by atoms with van der Waals surface area (Å²) in [4.78, 5) is 9.81. The van der Waals surface area contributed by atoms with Crippen molar-refractivity contribution in [2.24, 2.45) is 9.98 Å². The van der Waals surface area contributed by atoms with Crippen molar-refractivity contribution in [3.8, 4) is 11.5 Å². The van der Waals surface area contributed by atoms with Gasteiger partial charge in [-0.05, 0) is 127 Å². The highest BCUT2D eigenvalue weighted by atomic mass is 16.3. The maximum absolute atomic E-state index is 9.88. The van der Waals surface area contributed by atoms with Crippen LogP contribution in [0.15, 0.2) is 70.6 Å². The van der Waals surface area contributed by atoms with Crippen molar-refractivity contribution in [2.45, 2.75) is 126 Å². The molecule has 252 valence electrons. The number of fused-ring (bicyclic) bond motifs is 1. The molecule has 0 fully saturated rings. The van der Waals surface area contributed by atoms with Gasteiger partial charge >= 0.3 is 0 Å². The molecule has 4 aromatic carbocycles. The summed E-state index contributed by atoms with van der Waals surface area (Å²) in [6.45, 7) is 15.3. The molecule has 0 saturated heterocycles. The molecule has 0 atom stereocenters. The minimum absolute atomic E-state index is 0.0102. The molecule has 0 aromatic heterocycles. The molecule has 0 aliphatic carbocycles. The van der Waals surface area contributed by atoms with Crippen LogP contribution in [-0.2, 0) is 32.1 Å². The topological polar surface area (TPSA) is 65.2 Å². The zero-order valence-corrected chi connectivity index (χ0v) is 30.1. The normalized spacial score (nSPS) is 11.7. The van der Waals surface area contributed by atoms with E-state index in [0.717, 1.165) is 90.4 Å². The Morgan fingerprint density at radius 2 is 1.26 bits per heavy atom. The summed E-state index contributed by atoms with van der Waals surface area (Å²) in [5.74, 6) is -0.0295. The van der Waals surface area contributed by atoms with Crippen LogP contribution in [0.25, 0.3) is 10.8 Å². The highest BCUT2D eigenvalue weighted by Gasteiger charge is 2.12. The molecular weight excluding hydrogens is 576 g/mol. The first-order valence-electron chi connectivity index (χ1n) is 18.1. The van der Waals surface area contributed by atoms with E-state index < -0.39 is 0 Å². The predicted octanol–water partition coefficient (Wildman–Crippen LogP) is 12.3. The molecular formula is C43H58N2O2. The maximum Gasteiger partial charge on any atom is 0.165 e. The third-order valence-electron chi connectivity index (χ3n) is 9.03. The lowest BCUT2D eigenvalue weighted by atomic mass is 9.95. The van der Waals surface area contributed by atoms with Crippen LogP contribution >= 0.6 is 0 Å². The van der Waals surface area contributed by atoms with Crippen LogP contribution in [0.4, 0.5) is 11.4 Å². The van der Waals surface area contributed by atoms with Gasteiger partial charge < -0.3 is 10.2 Å². The van der Waals surface area contributed by atoms with Crippen LogP contribution in [0.1, 0.15) is 120 Å². The first-order valence-corrected chi connectivity index (χ1v) is 18.1. The molecule has 0 aliphatic rings. The lowest BCUT2D eigenvalue weighted by Gasteiger charge is -2.12. The fourth-order valence-electron chi connectivity index (χ4n) is 6.22. The second-order valence-corrected chi connectivity index (χ2v) is 12.5. The van der Waals surface area contributed by atoms with Gasteiger partial charge in [0, 0.05) is 11.6 Å². The fraction of sp³-hybridized carbons (Fsp3) is 0.442. The Bertz CT molecular complexity index is 1630. The minimum Gasteiger partial charge on any atom is -0.504 e. The van der Waals surface area contributed by atoms with E-state index in [4.69, 9.17) is 9.98 Å². The van der Waals surface area contributed by atoms with E-state index in [1.165, 1.54) is 47.9 Å². The number of aliphatic imine (C=N–C) groups is 2. The van der Waals surface area contributed by atoms with Gasteiger partial charge in [-0.2, -0.15) is 0 Å². The third kappa shape index (κ3) is 10.8. The summed E-state index contributed by atoms with van der Waals surface area (Å²) in [6.07, 6.45) is 15.3. The van der Waals surface area contributed by atoms with E-state index >= 15 is 0 Å². The Morgan fingerprint density at radius 1 is 0.638 bits per heavy atom. The number of benzene rings is 4. The van der Waals surface area contributed by atoms with Gasteiger partial charge in [0.1, 0.15) is 0 Å². The van der Waals surface area contributed by atoms with Crippen LogP contribution < -0.4 is 0 Å². The van der Waals surface area contributed by atoms with Crippen molar-refractivity contribution in [1.82, 2.24) is 0 Å². The van der Waals surface area contributed by atoms with Crippen molar-refractivity contribution < 1.29 is 10.2 Å². The summed E-state index contributed by atoms with van der Waals surface area (Å²) in [5.41, 5.74) is 11.1. The lowest BCUT2D eigenvalue weighted by Crippen LogP contribution is -2.00. The zero-order chi connectivity index (χ0) is 34.2. The number of aryl methyl sites for hydroxylation is 6. The first kappa shape index (κ1) is 37.5. The van der Waals surface area contributed by atoms with E-state index in [0.29, 0.717) is 0 Å². The molecule has 0 aliphatic heterocycles. The summed E-state index contributed by atoms with van der Waals surface area (Å²) < 4.78 is 0. The SMILES string of the molecule is CCCCCCC(C=Nc1ccc(CC)c(CC)c1)=Nc1ccc(CC)c(CC)c1.CCCCc1cc(O)c(O)c2cccc(C)c12. The van der Waals surface area contributed by atoms with Gasteiger partial charge in [-0.25, -0.2) is 0 Å². The molecule has 4 nitrogen and oxygen atoms in total. The van der Waals surface area contributed by atoms with Crippen molar-refractivity contribution in [3.63, 3.8) is 0 Å². The Morgan fingerprint density at radius 3 is 1.87 bits per heavy atom. The standard InChI is InChI=1S/C28H40N2.C15H18O2/c1-6-11-12-13-14-28(30-27-18-16-23(8-3)25(10-5)20-27)21-29-26-17-15-22(7-2)24(9-4)19-26;1-3-4-7-11-9-13(16)15(17)12-8-5-6-10(2)14(11)12/h15-21H,6-14H2,1-5H3;5-6,8-9,16-17H,3-4,7H2,1-2H3. The molecule has 4 aromatic rings. The smallest absolute Gasteiger partial charge is 0.165 e. The number of phenolic OH excluding ortho intramolecular Hbond substituents is 2. The Kier molecular flexibility index (Phi) is 15.7. The molecule has 4 heteroatoms. The number of hydrogen-bond acceptors (Lipinski definition) is 4. The molecule has 4 rings (SSSR count). The predicted molar refractivity (Wildman–Crippen MR) is 205 cm³/mol. The monoisotopic (exact) mass is 634 g/mol. The lowest BCUT2D eigenvalue weighted by molar-refractivity contribution is 0.407. The van der Waals surface area contributed by atoms with Gasteiger partial charge in [-0.3, -0.25) is 9.98 Å². The zero-order valence-electron chi connectivity index (χ0n) is 30.1. The van der Waals surface area contributed by atoms with Gasteiger partial charge in [-0.15, -0.1) is 0 Å². The summed E-state index contributed by atoms with van der Waals surface area (Å²) in [5, 5.41) is 21.4. The Hall–Kier alpha value is -3.92. The largest absolute Gasteiger partial charge is 0.504 e. The molecule has 0 bridgehead atoms. The summed E-state index contributed by atoms with van der Waals surface area (Å²) in [6, 6.07) is 20.7. The van der Waals surface area contributed by atoms with E-state index in [1.54, 1.807) is 6.07 Å². The quantitative estimate of drug-likeness (QED) is 0.0776. The van der Waals surface area contributed by atoms with Crippen LogP contribution in [-0.4, -0.2) is 22.1 Å². The average molecular weight is 635 g/mol. The Balaban J connectivity index is 0.000000297. The highest BCUT2D eigenvalue weighted by Crippen LogP contribution is 2.38. The molecule has 0 amide bonds. The second-order valence-electron chi connectivity index (χ2n) is 12.5. The maximum atomic E-state index is 9.88. The summed E-state index contributed by atoms with van der Waals surface area (Å²) in [7, 11) is 0. The number of hydrogen-bond donors (Lipinski definition) is 2. The molecule has 0 heterocycles. The average Bonchev–Trinajstić information content (AvgIpc) is 3.09. The van der Waals surface area contributed by atoms with Gasteiger partial charge in [-0.1, -0.05) is 97.6 Å². The number of aromatic hydroxyl groups is 2. The number of rotatable bonds is 15. The van der Waals surface area contributed by atoms with E-state index in [1.807, 2.05) is 31.3 Å².